The predicted molar refractivity (Wildman–Crippen MR) is 142 cm³/mol. The van der Waals surface area contributed by atoms with Crippen LogP contribution in [0.4, 0.5) is 11.4 Å². The Morgan fingerprint density at radius 1 is 0.971 bits per heavy atom. The highest BCUT2D eigenvalue weighted by Crippen LogP contribution is 2.50. The number of allylic oxidation sites excluding steroid dienone is 2. The Morgan fingerprint density at radius 3 is 2.68 bits per heavy atom. The number of rotatable bonds is 4. The van der Waals surface area contributed by atoms with Crippen LogP contribution in [0.15, 0.2) is 96.0 Å². The molecule has 34 heavy (non-hydrogen) atoms. The Hall–Kier alpha value is -3.85. The van der Waals surface area contributed by atoms with Gasteiger partial charge in [0.15, 0.2) is 0 Å². The van der Waals surface area contributed by atoms with E-state index in [-0.39, 0.29) is 0 Å². The van der Waals surface area contributed by atoms with E-state index in [0.29, 0.717) is 17.9 Å². The third-order valence-corrected chi connectivity index (χ3v) is 7.26. The van der Waals surface area contributed by atoms with Gasteiger partial charge in [-0.15, -0.1) is 0 Å². The molecule has 0 bridgehead atoms. The zero-order valence-electron chi connectivity index (χ0n) is 19.5. The number of fused-ring (bicyclic) bond motifs is 4. The fourth-order valence-electron chi connectivity index (χ4n) is 5.54. The van der Waals surface area contributed by atoms with E-state index in [0.717, 1.165) is 28.8 Å². The van der Waals surface area contributed by atoms with Gasteiger partial charge in [-0.2, -0.15) is 0 Å². The normalized spacial score (nSPS) is 20.8. The average Bonchev–Trinajstić information content (AvgIpc) is 3.38. The van der Waals surface area contributed by atoms with Crippen LogP contribution in [0.5, 0.6) is 5.75 Å². The van der Waals surface area contributed by atoms with E-state index in [1.807, 2.05) is 12.3 Å². The van der Waals surface area contributed by atoms with Gasteiger partial charge in [-0.25, -0.2) is 0 Å². The molecule has 0 radical (unpaired) electrons. The smallest absolute Gasteiger partial charge is 0.128 e. The topological polar surface area (TPSA) is 33.6 Å². The summed E-state index contributed by atoms with van der Waals surface area (Å²) in [6.45, 7) is 2.17. The van der Waals surface area contributed by atoms with Gasteiger partial charge in [-0.1, -0.05) is 72.3 Å². The molecule has 1 N–H and O–H groups in total. The van der Waals surface area contributed by atoms with E-state index in [2.05, 4.69) is 97.2 Å². The Morgan fingerprint density at radius 2 is 1.82 bits per heavy atom. The summed E-state index contributed by atoms with van der Waals surface area (Å²) >= 11 is 0. The summed E-state index contributed by atoms with van der Waals surface area (Å²) in [5.74, 6) is 1.86. The van der Waals surface area contributed by atoms with Gasteiger partial charge in [0, 0.05) is 23.4 Å². The van der Waals surface area contributed by atoms with Crippen LogP contribution in [0.3, 0.4) is 0 Å². The number of nitrogens with zero attached hydrogens (tertiary/aromatic N) is 1. The van der Waals surface area contributed by atoms with Crippen LogP contribution in [-0.4, -0.2) is 13.3 Å². The monoisotopic (exact) mass is 444 g/mol. The summed E-state index contributed by atoms with van der Waals surface area (Å²) in [7, 11) is 1.71. The Kier molecular flexibility index (Phi) is 5.18. The number of nitrogens with one attached hydrogen (secondary N) is 1. The van der Waals surface area contributed by atoms with Gasteiger partial charge >= 0.3 is 0 Å². The van der Waals surface area contributed by atoms with Crippen molar-refractivity contribution in [1.29, 1.82) is 0 Å². The molecule has 0 saturated carbocycles. The van der Waals surface area contributed by atoms with Crippen LogP contribution in [-0.2, 0) is 0 Å². The minimum absolute atomic E-state index is 0.298. The average molecular weight is 445 g/mol. The van der Waals surface area contributed by atoms with Crippen LogP contribution in [0, 0.1) is 12.8 Å². The highest BCUT2D eigenvalue weighted by molar-refractivity contribution is 6.03. The van der Waals surface area contributed by atoms with Crippen molar-refractivity contribution >= 4 is 28.4 Å². The maximum absolute atomic E-state index is 5.61. The number of methoxy groups -OCH3 is 1. The van der Waals surface area contributed by atoms with E-state index in [1.54, 1.807) is 7.11 Å². The van der Waals surface area contributed by atoms with Crippen molar-refractivity contribution in [3.8, 4) is 5.75 Å². The van der Waals surface area contributed by atoms with Gasteiger partial charge in [-0.05, 0) is 65.4 Å². The van der Waals surface area contributed by atoms with Gasteiger partial charge < -0.3 is 10.1 Å². The lowest BCUT2D eigenvalue weighted by Crippen LogP contribution is -2.29. The molecule has 0 fully saturated rings. The van der Waals surface area contributed by atoms with Crippen molar-refractivity contribution < 1.29 is 4.74 Å². The molecule has 4 aromatic rings. The standard InChI is InChI=1S/C31H28N2O/c1-20-10-16-29-27(18-20)25-8-5-9-26(25)31(33-29)22-11-14-23(15-12-22)32-19-28-24-7-4-3-6-21(24)13-17-30(28)34-2/h3-8,10-19,25-26,31,33H,9H2,1-2H3/t25-,26-,31+/m1/s1. The Bertz CT molecular complexity index is 1420. The molecule has 168 valence electrons. The molecule has 0 amide bonds. The summed E-state index contributed by atoms with van der Waals surface area (Å²) in [4.78, 5) is 4.80. The molecule has 4 aromatic carbocycles. The maximum Gasteiger partial charge on any atom is 0.128 e. The van der Waals surface area contributed by atoms with E-state index in [4.69, 9.17) is 9.73 Å². The highest BCUT2D eigenvalue weighted by atomic mass is 16.5. The van der Waals surface area contributed by atoms with Gasteiger partial charge in [0.25, 0.3) is 0 Å². The number of anilines is 1. The molecule has 3 nitrogen and oxygen atoms in total. The quantitative estimate of drug-likeness (QED) is 0.258. The molecular formula is C31H28N2O. The number of hydrogen-bond donors (Lipinski definition) is 1. The first-order valence-electron chi connectivity index (χ1n) is 11.9. The molecule has 0 unspecified atom stereocenters. The molecular weight excluding hydrogens is 416 g/mol. The maximum atomic E-state index is 5.61. The van der Waals surface area contributed by atoms with E-state index in [1.165, 1.54) is 27.8 Å². The minimum Gasteiger partial charge on any atom is -0.496 e. The molecule has 1 heterocycles. The minimum atomic E-state index is 0.298. The molecule has 0 aromatic heterocycles. The Balaban J connectivity index is 1.29. The molecule has 0 spiro atoms. The van der Waals surface area contributed by atoms with Crippen molar-refractivity contribution in [2.75, 3.05) is 12.4 Å². The predicted octanol–water partition coefficient (Wildman–Crippen LogP) is 7.73. The van der Waals surface area contributed by atoms with E-state index < -0.39 is 0 Å². The lowest BCUT2D eigenvalue weighted by atomic mass is 9.76. The van der Waals surface area contributed by atoms with Crippen molar-refractivity contribution in [1.82, 2.24) is 0 Å². The van der Waals surface area contributed by atoms with E-state index >= 15 is 0 Å². The van der Waals surface area contributed by atoms with Crippen LogP contribution < -0.4 is 10.1 Å². The summed E-state index contributed by atoms with van der Waals surface area (Å²) in [6.07, 6.45) is 7.77. The third-order valence-electron chi connectivity index (χ3n) is 7.26. The number of hydrogen-bond acceptors (Lipinski definition) is 3. The molecule has 3 heteroatoms. The first-order chi connectivity index (χ1) is 16.7. The second kappa shape index (κ2) is 8.49. The summed E-state index contributed by atoms with van der Waals surface area (Å²) < 4.78 is 5.61. The lowest BCUT2D eigenvalue weighted by Gasteiger charge is -2.37. The van der Waals surface area contributed by atoms with Gasteiger partial charge in [0.1, 0.15) is 5.75 Å². The molecule has 1 aliphatic heterocycles. The lowest BCUT2D eigenvalue weighted by molar-refractivity contribution is 0.415. The SMILES string of the molecule is COc1ccc2ccccc2c1C=Nc1ccc([C@@H]2Nc3ccc(C)cc3[C@@H]3C=CC[C@H]32)cc1. The summed E-state index contributed by atoms with van der Waals surface area (Å²) in [5.41, 5.74) is 7.26. The van der Waals surface area contributed by atoms with Crippen LogP contribution in [0.1, 0.15) is 40.6 Å². The summed E-state index contributed by atoms with van der Waals surface area (Å²) in [6, 6.07) is 28.2. The second-order valence-electron chi connectivity index (χ2n) is 9.32. The van der Waals surface area contributed by atoms with Crippen molar-refractivity contribution in [3.05, 3.63) is 113 Å². The van der Waals surface area contributed by atoms with Gasteiger partial charge in [0.2, 0.25) is 0 Å². The van der Waals surface area contributed by atoms with Crippen LogP contribution in [0.2, 0.25) is 0 Å². The Labute approximate surface area is 200 Å². The largest absolute Gasteiger partial charge is 0.496 e. The summed E-state index contributed by atoms with van der Waals surface area (Å²) in [5, 5.41) is 6.15. The van der Waals surface area contributed by atoms with Gasteiger partial charge in [0.05, 0.1) is 18.8 Å². The third kappa shape index (κ3) is 3.58. The highest BCUT2D eigenvalue weighted by Gasteiger charge is 2.37. The van der Waals surface area contributed by atoms with Crippen LogP contribution in [0.25, 0.3) is 10.8 Å². The molecule has 2 aliphatic rings. The zero-order valence-corrected chi connectivity index (χ0v) is 19.5. The first kappa shape index (κ1) is 20.7. The van der Waals surface area contributed by atoms with Gasteiger partial charge in [-0.3, -0.25) is 4.99 Å². The number of benzene rings is 4. The fourth-order valence-corrected chi connectivity index (χ4v) is 5.54. The first-order valence-corrected chi connectivity index (χ1v) is 11.9. The zero-order chi connectivity index (χ0) is 23.1. The second-order valence-corrected chi connectivity index (χ2v) is 9.32. The number of aryl methyl sites for hydroxylation is 1. The van der Waals surface area contributed by atoms with Crippen LogP contribution >= 0.6 is 0 Å². The van der Waals surface area contributed by atoms with Crippen molar-refractivity contribution in [3.63, 3.8) is 0 Å². The fraction of sp³-hybridized carbons (Fsp3) is 0.194. The molecule has 1 aliphatic carbocycles. The van der Waals surface area contributed by atoms with Crippen molar-refractivity contribution in [2.24, 2.45) is 10.9 Å². The number of ether oxygens (including phenoxy) is 1. The van der Waals surface area contributed by atoms with Crippen molar-refractivity contribution in [2.45, 2.75) is 25.3 Å². The molecule has 0 saturated heterocycles. The number of aliphatic imine (C=N–C) groups is 1. The molecule has 6 rings (SSSR count). The van der Waals surface area contributed by atoms with E-state index in [9.17, 15) is 0 Å². The molecule has 3 atom stereocenters.